The third kappa shape index (κ3) is 5.94. The van der Waals surface area contributed by atoms with Crippen LogP contribution in [-0.4, -0.2) is 24.5 Å². The van der Waals surface area contributed by atoms with Gasteiger partial charge in [-0.05, 0) is 57.6 Å². The molecule has 61 heavy (non-hydrogen) atoms. The molecule has 0 N–H and O–H groups in total. The lowest BCUT2D eigenvalue weighted by molar-refractivity contribution is 1.07. The summed E-state index contributed by atoms with van der Waals surface area (Å²) < 4.78 is 2.39. The number of aromatic nitrogens is 5. The van der Waals surface area contributed by atoms with Crippen molar-refractivity contribution in [2.24, 2.45) is 0 Å². The molecule has 0 radical (unpaired) electrons. The number of para-hydroxylation sites is 1. The third-order valence-electron chi connectivity index (χ3n) is 11.8. The van der Waals surface area contributed by atoms with E-state index in [0.717, 1.165) is 82.9 Å². The highest BCUT2D eigenvalue weighted by molar-refractivity contribution is 6.23. The Kier molecular flexibility index (Phi) is 8.10. The highest BCUT2D eigenvalue weighted by Gasteiger charge is 2.20. The quantitative estimate of drug-likeness (QED) is 0.158. The normalized spacial score (nSPS) is 11.6. The van der Waals surface area contributed by atoms with Crippen molar-refractivity contribution in [2.75, 3.05) is 0 Å². The molecule has 0 aliphatic heterocycles. The van der Waals surface area contributed by atoms with Gasteiger partial charge in [0.05, 0.1) is 22.2 Å². The minimum absolute atomic E-state index is 0.623. The molecule has 0 amide bonds. The van der Waals surface area contributed by atoms with Crippen LogP contribution in [0.4, 0.5) is 0 Å². The average Bonchev–Trinajstić information content (AvgIpc) is 3.68. The predicted molar refractivity (Wildman–Crippen MR) is 252 cm³/mol. The fourth-order valence-corrected chi connectivity index (χ4v) is 8.87. The second-order valence-electron chi connectivity index (χ2n) is 15.4. The standard InChI is InChI=1S/C56H35N5/c1-4-16-37(17-5-1)51-47-26-13-12-25-45(47)48-31-32-49-46-30-29-41(35-50(46)61(53(49)52(48)57-51)44-23-8-3-9-24-44)40-21-14-22-42(34-40)55-58-54(38-18-6-2-7-19-38)59-56(60-55)43-28-27-36-15-10-11-20-39(36)33-43/h1-35H. The summed E-state index contributed by atoms with van der Waals surface area (Å²) in [6, 6.07) is 74.6. The van der Waals surface area contributed by atoms with Crippen molar-refractivity contribution in [3.05, 3.63) is 212 Å². The Bertz CT molecular complexity index is 3630. The second-order valence-corrected chi connectivity index (χ2v) is 15.4. The second kappa shape index (κ2) is 14.2. The first-order chi connectivity index (χ1) is 30.2. The van der Waals surface area contributed by atoms with Crippen molar-refractivity contribution >= 4 is 54.3 Å². The first kappa shape index (κ1) is 34.7. The number of hydrogen-bond acceptors (Lipinski definition) is 4. The molecule has 5 nitrogen and oxygen atoms in total. The van der Waals surface area contributed by atoms with Crippen LogP contribution in [0.1, 0.15) is 0 Å². The van der Waals surface area contributed by atoms with Gasteiger partial charge >= 0.3 is 0 Å². The lowest BCUT2D eigenvalue weighted by Gasteiger charge is -2.13. The molecule has 0 bridgehead atoms. The van der Waals surface area contributed by atoms with E-state index in [1.54, 1.807) is 0 Å². The van der Waals surface area contributed by atoms with Crippen LogP contribution >= 0.6 is 0 Å². The summed E-state index contributed by atoms with van der Waals surface area (Å²) in [5, 5.41) is 8.11. The molecule has 0 fully saturated rings. The Morgan fingerprint density at radius 3 is 1.61 bits per heavy atom. The van der Waals surface area contributed by atoms with Crippen LogP contribution in [0.25, 0.3) is 116 Å². The summed E-state index contributed by atoms with van der Waals surface area (Å²) in [5.41, 5.74) is 11.3. The van der Waals surface area contributed by atoms with E-state index in [1.807, 2.05) is 30.3 Å². The van der Waals surface area contributed by atoms with Gasteiger partial charge in [-0.2, -0.15) is 0 Å². The van der Waals surface area contributed by atoms with E-state index in [2.05, 4.69) is 187 Å². The van der Waals surface area contributed by atoms with Gasteiger partial charge in [0.15, 0.2) is 17.5 Å². The highest BCUT2D eigenvalue weighted by atomic mass is 15.0. The summed E-state index contributed by atoms with van der Waals surface area (Å²) in [5.74, 6) is 1.90. The molecular weight excluding hydrogens is 743 g/mol. The van der Waals surface area contributed by atoms with Crippen molar-refractivity contribution in [2.45, 2.75) is 0 Å². The molecule has 0 atom stereocenters. The maximum absolute atomic E-state index is 5.54. The van der Waals surface area contributed by atoms with Crippen LogP contribution in [0.3, 0.4) is 0 Å². The summed E-state index contributed by atoms with van der Waals surface area (Å²) in [4.78, 5) is 20.7. The van der Waals surface area contributed by atoms with Gasteiger partial charge in [-0.25, -0.2) is 19.9 Å². The number of pyridine rings is 1. The SMILES string of the molecule is c1ccc(-c2nc(-c3cccc(-c4ccc5c6ccc7c8ccccc8c(-c8ccccc8)nc7c6n(-c6ccccc6)c5c4)c3)nc(-c3ccc4ccccc4c3)n2)cc1. The van der Waals surface area contributed by atoms with Crippen LogP contribution in [0.15, 0.2) is 212 Å². The van der Waals surface area contributed by atoms with Crippen LogP contribution in [0, 0.1) is 0 Å². The zero-order valence-corrected chi connectivity index (χ0v) is 32.9. The molecule has 284 valence electrons. The first-order valence-electron chi connectivity index (χ1n) is 20.6. The van der Waals surface area contributed by atoms with E-state index in [-0.39, 0.29) is 0 Å². The molecule has 5 heteroatoms. The van der Waals surface area contributed by atoms with Crippen LogP contribution in [0.5, 0.6) is 0 Å². The van der Waals surface area contributed by atoms with E-state index in [4.69, 9.17) is 19.9 Å². The number of rotatable bonds is 6. The molecule has 9 aromatic carbocycles. The van der Waals surface area contributed by atoms with Gasteiger partial charge in [0.1, 0.15) is 0 Å². The Hall–Kier alpha value is -8.28. The molecule has 0 aliphatic rings. The molecular formula is C56H35N5. The minimum Gasteiger partial charge on any atom is -0.307 e. The molecule has 12 aromatic rings. The largest absolute Gasteiger partial charge is 0.307 e. The molecule has 0 saturated carbocycles. The zero-order valence-electron chi connectivity index (χ0n) is 32.9. The van der Waals surface area contributed by atoms with Crippen LogP contribution < -0.4 is 0 Å². The van der Waals surface area contributed by atoms with E-state index in [0.29, 0.717) is 17.5 Å². The van der Waals surface area contributed by atoms with Gasteiger partial charge in [-0.15, -0.1) is 0 Å². The average molecular weight is 778 g/mol. The maximum Gasteiger partial charge on any atom is 0.164 e. The summed E-state index contributed by atoms with van der Waals surface area (Å²) in [6.45, 7) is 0. The van der Waals surface area contributed by atoms with E-state index in [1.165, 1.54) is 16.2 Å². The fourth-order valence-electron chi connectivity index (χ4n) is 8.87. The Balaban J connectivity index is 1.05. The molecule has 3 heterocycles. The smallest absolute Gasteiger partial charge is 0.164 e. The summed E-state index contributed by atoms with van der Waals surface area (Å²) in [7, 11) is 0. The van der Waals surface area contributed by atoms with Crippen LogP contribution in [-0.2, 0) is 0 Å². The number of hydrogen-bond donors (Lipinski definition) is 0. The first-order valence-corrected chi connectivity index (χ1v) is 20.6. The van der Waals surface area contributed by atoms with Crippen molar-refractivity contribution < 1.29 is 0 Å². The highest BCUT2D eigenvalue weighted by Crippen LogP contribution is 2.41. The lowest BCUT2D eigenvalue weighted by Crippen LogP contribution is -2.00. The monoisotopic (exact) mass is 777 g/mol. The van der Waals surface area contributed by atoms with E-state index < -0.39 is 0 Å². The zero-order chi connectivity index (χ0) is 40.3. The maximum atomic E-state index is 5.54. The lowest BCUT2D eigenvalue weighted by atomic mass is 9.98. The van der Waals surface area contributed by atoms with E-state index >= 15 is 0 Å². The molecule has 0 spiro atoms. The molecule has 3 aromatic heterocycles. The van der Waals surface area contributed by atoms with Gasteiger partial charge in [0, 0.05) is 49.5 Å². The van der Waals surface area contributed by atoms with Gasteiger partial charge in [0.25, 0.3) is 0 Å². The third-order valence-corrected chi connectivity index (χ3v) is 11.8. The van der Waals surface area contributed by atoms with Crippen molar-refractivity contribution in [3.63, 3.8) is 0 Å². The minimum atomic E-state index is 0.623. The summed E-state index contributed by atoms with van der Waals surface area (Å²) >= 11 is 0. The van der Waals surface area contributed by atoms with Crippen molar-refractivity contribution in [1.29, 1.82) is 0 Å². The topological polar surface area (TPSA) is 56.5 Å². The molecule has 12 rings (SSSR count). The predicted octanol–water partition coefficient (Wildman–Crippen LogP) is 14.2. The molecule has 0 saturated heterocycles. The Labute approximate surface area is 351 Å². The number of fused-ring (bicyclic) bond motifs is 8. The molecule has 0 aliphatic carbocycles. The van der Waals surface area contributed by atoms with Gasteiger partial charge < -0.3 is 4.57 Å². The Morgan fingerprint density at radius 2 is 0.836 bits per heavy atom. The number of benzene rings is 9. The number of nitrogens with zero attached hydrogens (tertiary/aromatic N) is 5. The van der Waals surface area contributed by atoms with Crippen molar-refractivity contribution in [3.8, 4) is 62.2 Å². The fraction of sp³-hybridized carbons (Fsp3) is 0. The van der Waals surface area contributed by atoms with Gasteiger partial charge in [-0.1, -0.05) is 182 Å². The van der Waals surface area contributed by atoms with Crippen LogP contribution in [0.2, 0.25) is 0 Å². The Morgan fingerprint density at radius 1 is 0.295 bits per heavy atom. The van der Waals surface area contributed by atoms with Gasteiger partial charge in [0.2, 0.25) is 0 Å². The molecule has 0 unspecified atom stereocenters. The van der Waals surface area contributed by atoms with E-state index in [9.17, 15) is 0 Å². The van der Waals surface area contributed by atoms with Crippen molar-refractivity contribution in [1.82, 2.24) is 24.5 Å². The van der Waals surface area contributed by atoms with Gasteiger partial charge in [-0.3, -0.25) is 0 Å². The summed E-state index contributed by atoms with van der Waals surface area (Å²) in [6.07, 6.45) is 0.